The van der Waals surface area contributed by atoms with Gasteiger partial charge in [-0.25, -0.2) is 4.98 Å². The number of benzene rings is 3. The summed E-state index contributed by atoms with van der Waals surface area (Å²) >= 11 is 1.82. The van der Waals surface area contributed by atoms with Gasteiger partial charge in [0.2, 0.25) is 0 Å². The van der Waals surface area contributed by atoms with Crippen LogP contribution in [0.2, 0.25) is 0 Å². The molecule has 200 valence electrons. The number of aromatic nitrogens is 3. The van der Waals surface area contributed by atoms with Crippen molar-refractivity contribution < 1.29 is 0 Å². The van der Waals surface area contributed by atoms with Crippen molar-refractivity contribution in [3.05, 3.63) is 130 Å². The molecule has 6 aromatic rings. The molecule has 0 spiro atoms. The minimum Gasteiger partial charge on any atom is -0.341 e. The van der Waals surface area contributed by atoms with Crippen LogP contribution in [0.3, 0.4) is 0 Å². The summed E-state index contributed by atoms with van der Waals surface area (Å²) in [7, 11) is 0. The van der Waals surface area contributed by atoms with E-state index < -0.39 is 0 Å². The Bertz CT molecular complexity index is 1700. The van der Waals surface area contributed by atoms with Gasteiger partial charge in [-0.2, -0.15) is 0 Å². The highest BCUT2D eigenvalue weighted by atomic mass is 32.1. The first-order valence-corrected chi connectivity index (χ1v) is 15.0. The van der Waals surface area contributed by atoms with Crippen molar-refractivity contribution in [1.82, 2.24) is 25.2 Å². The molecule has 40 heavy (non-hydrogen) atoms. The average molecular weight is 544 g/mol. The van der Waals surface area contributed by atoms with Crippen molar-refractivity contribution >= 4 is 32.5 Å². The molecule has 0 radical (unpaired) electrons. The van der Waals surface area contributed by atoms with Crippen LogP contribution in [0.1, 0.15) is 52.7 Å². The highest BCUT2D eigenvalue weighted by Crippen LogP contribution is 2.35. The zero-order valence-corrected chi connectivity index (χ0v) is 23.3. The van der Waals surface area contributed by atoms with Gasteiger partial charge in [0.15, 0.2) is 0 Å². The Balaban J connectivity index is 1.07. The van der Waals surface area contributed by atoms with Crippen LogP contribution in [0.5, 0.6) is 0 Å². The van der Waals surface area contributed by atoms with E-state index in [9.17, 15) is 0 Å². The van der Waals surface area contributed by atoms with E-state index in [-0.39, 0.29) is 6.04 Å². The Morgan fingerprint density at radius 3 is 2.65 bits per heavy atom. The second-order valence-electron chi connectivity index (χ2n) is 10.7. The van der Waals surface area contributed by atoms with Crippen LogP contribution >= 0.6 is 11.3 Å². The first-order valence-electron chi connectivity index (χ1n) is 14.2. The van der Waals surface area contributed by atoms with E-state index in [1.54, 1.807) is 0 Å². The van der Waals surface area contributed by atoms with Gasteiger partial charge in [-0.3, -0.25) is 9.88 Å². The number of hydrogen-bond donors (Lipinski definition) is 2. The van der Waals surface area contributed by atoms with Crippen molar-refractivity contribution in [1.29, 1.82) is 0 Å². The molecule has 0 bridgehead atoms. The number of nitrogens with zero attached hydrogens (tertiary/aromatic N) is 3. The maximum absolute atomic E-state index is 4.91. The van der Waals surface area contributed by atoms with E-state index in [1.807, 2.05) is 23.6 Å². The first kappa shape index (κ1) is 25.1. The van der Waals surface area contributed by atoms with E-state index >= 15 is 0 Å². The van der Waals surface area contributed by atoms with Crippen LogP contribution < -0.4 is 5.32 Å². The number of pyridine rings is 1. The molecule has 0 aliphatic heterocycles. The predicted molar refractivity (Wildman–Crippen MR) is 164 cm³/mol. The molecule has 3 aromatic heterocycles. The van der Waals surface area contributed by atoms with Crippen molar-refractivity contribution in [2.75, 3.05) is 0 Å². The number of H-pyrrole nitrogens is 1. The number of aromatic amines is 1. The summed E-state index contributed by atoms with van der Waals surface area (Å²) in [6.45, 7) is 3.35. The maximum Gasteiger partial charge on any atom is 0.121 e. The lowest BCUT2D eigenvalue weighted by molar-refractivity contribution is 0.153. The number of rotatable bonds is 9. The summed E-state index contributed by atoms with van der Waals surface area (Å²) in [6.07, 6.45) is 5.35. The third kappa shape index (κ3) is 5.30. The second-order valence-corrected chi connectivity index (χ2v) is 11.6. The van der Waals surface area contributed by atoms with Gasteiger partial charge in [0.05, 0.1) is 29.3 Å². The zero-order chi connectivity index (χ0) is 26.7. The first-order chi connectivity index (χ1) is 19.8. The summed E-state index contributed by atoms with van der Waals surface area (Å²) < 4.78 is 1.35. The molecule has 0 saturated heterocycles. The Morgan fingerprint density at radius 1 is 0.875 bits per heavy atom. The molecule has 1 aliphatic rings. The number of nitrogens with one attached hydrogen (secondary N) is 2. The molecule has 1 unspecified atom stereocenters. The molecule has 2 N–H and O–H groups in total. The van der Waals surface area contributed by atoms with Crippen LogP contribution in [0.4, 0.5) is 0 Å². The van der Waals surface area contributed by atoms with E-state index in [4.69, 9.17) is 9.97 Å². The van der Waals surface area contributed by atoms with Gasteiger partial charge in [-0.1, -0.05) is 60.7 Å². The van der Waals surface area contributed by atoms with Crippen molar-refractivity contribution in [3.63, 3.8) is 0 Å². The lowest BCUT2D eigenvalue weighted by atomic mass is 9.90. The van der Waals surface area contributed by atoms with Gasteiger partial charge in [0, 0.05) is 30.5 Å². The fraction of sp³-hybridized carbons (Fsp3) is 0.235. The normalized spacial score (nSPS) is 15.2. The molecular weight excluding hydrogens is 510 g/mol. The van der Waals surface area contributed by atoms with Gasteiger partial charge in [0.1, 0.15) is 5.82 Å². The van der Waals surface area contributed by atoms with Crippen LogP contribution in [0.25, 0.3) is 21.1 Å². The Kier molecular flexibility index (Phi) is 7.13. The van der Waals surface area contributed by atoms with Gasteiger partial charge >= 0.3 is 0 Å². The van der Waals surface area contributed by atoms with Crippen molar-refractivity contribution in [3.8, 4) is 0 Å². The standard InChI is InChI=1S/C34H33N5S/c1-4-13-32-28(9-1)27(23-40-32)20-35-19-24-14-16-25(17-15-24)21-39(22-33-37-29-10-2-3-11-30(29)38-33)31-12-5-7-26-8-6-18-36-34(26)31/h1-4,6,8-11,13-18,23,31,35H,5,7,12,19-22H2,(H,37,38). The predicted octanol–water partition coefficient (Wildman–Crippen LogP) is 7.54. The summed E-state index contributed by atoms with van der Waals surface area (Å²) in [5, 5.41) is 7.27. The van der Waals surface area contributed by atoms with Crippen LogP contribution in [0.15, 0.2) is 96.5 Å². The minimum absolute atomic E-state index is 0.278. The Labute approximate surface area is 238 Å². The highest BCUT2D eigenvalue weighted by Gasteiger charge is 2.28. The lowest BCUT2D eigenvalue weighted by Gasteiger charge is -2.34. The quantitative estimate of drug-likeness (QED) is 0.198. The molecule has 3 aromatic carbocycles. The largest absolute Gasteiger partial charge is 0.341 e. The van der Waals surface area contributed by atoms with Gasteiger partial charge in [-0.15, -0.1) is 11.3 Å². The molecule has 1 atom stereocenters. The zero-order valence-electron chi connectivity index (χ0n) is 22.5. The molecule has 0 fully saturated rings. The number of fused-ring (bicyclic) bond motifs is 3. The fourth-order valence-corrected chi connectivity index (χ4v) is 6.96. The average Bonchev–Trinajstić information content (AvgIpc) is 3.61. The van der Waals surface area contributed by atoms with Crippen LogP contribution in [0, 0.1) is 0 Å². The topological polar surface area (TPSA) is 56.8 Å². The highest BCUT2D eigenvalue weighted by molar-refractivity contribution is 7.17. The summed E-state index contributed by atoms with van der Waals surface area (Å²) in [5.74, 6) is 1.01. The second kappa shape index (κ2) is 11.3. The lowest BCUT2D eigenvalue weighted by Crippen LogP contribution is -2.31. The molecule has 7 rings (SSSR count). The van der Waals surface area contributed by atoms with Crippen molar-refractivity contribution in [2.24, 2.45) is 0 Å². The smallest absolute Gasteiger partial charge is 0.121 e. The van der Waals surface area contributed by atoms with E-state index in [1.165, 1.54) is 44.5 Å². The summed E-state index contributed by atoms with van der Waals surface area (Å²) in [5.41, 5.74) is 8.71. The molecule has 5 nitrogen and oxygen atoms in total. The SMILES string of the molecule is c1cnc2c(c1)CCCC2N(Cc1ccc(CNCc2csc3ccccc23)cc1)Cc1nc2ccccc2[nH]1. The molecule has 3 heterocycles. The van der Waals surface area contributed by atoms with E-state index in [0.717, 1.165) is 55.9 Å². The van der Waals surface area contributed by atoms with E-state index in [2.05, 4.69) is 99.4 Å². The Hall–Kier alpha value is -3.84. The van der Waals surface area contributed by atoms with Crippen LogP contribution in [-0.2, 0) is 32.6 Å². The third-order valence-electron chi connectivity index (χ3n) is 8.01. The van der Waals surface area contributed by atoms with Crippen LogP contribution in [-0.4, -0.2) is 19.9 Å². The monoisotopic (exact) mass is 543 g/mol. The van der Waals surface area contributed by atoms with Gasteiger partial charge in [-0.05, 0) is 76.5 Å². The summed E-state index contributed by atoms with van der Waals surface area (Å²) in [6, 6.07) is 30.6. The maximum atomic E-state index is 4.91. The Morgan fingerprint density at radius 2 is 1.73 bits per heavy atom. The van der Waals surface area contributed by atoms with Gasteiger partial charge in [0.25, 0.3) is 0 Å². The van der Waals surface area contributed by atoms with Gasteiger partial charge < -0.3 is 10.3 Å². The molecule has 6 heteroatoms. The number of imidazole rings is 1. The minimum atomic E-state index is 0.278. The molecule has 0 saturated carbocycles. The number of thiophene rings is 1. The van der Waals surface area contributed by atoms with Crippen molar-refractivity contribution in [2.45, 2.75) is 51.5 Å². The number of aryl methyl sites for hydroxylation is 1. The molecular formula is C34H33N5S. The molecule has 1 aliphatic carbocycles. The third-order valence-corrected chi connectivity index (χ3v) is 9.02. The molecule has 0 amide bonds. The summed E-state index contributed by atoms with van der Waals surface area (Å²) in [4.78, 5) is 15.9. The number of hydrogen-bond acceptors (Lipinski definition) is 5. The fourth-order valence-electron chi connectivity index (χ4n) is 6.00. The van der Waals surface area contributed by atoms with E-state index in [0.29, 0.717) is 0 Å². The number of para-hydroxylation sites is 2.